The number of furan rings is 1. The summed E-state index contributed by atoms with van der Waals surface area (Å²) in [4.78, 5) is 2.42. The largest absolute Gasteiger partial charge is 0.457 e. The Bertz CT molecular complexity index is 3200. The molecule has 0 radical (unpaired) electrons. The maximum absolute atomic E-state index is 6.83. The number of ether oxygens (including phenoxy) is 1. The monoisotopic (exact) mass is 715 g/mol. The highest BCUT2D eigenvalue weighted by molar-refractivity contribution is 6.13. The van der Waals surface area contributed by atoms with Crippen molar-refractivity contribution in [1.82, 2.24) is 0 Å². The Morgan fingerprint density at radius 3 is 2.04 bits per heavy atom. The van der Waals surface area contributed by atoms with E-state index in [0.29, 0.717) is 0 Å². The number of fused-ring (bicyclic) bond motifs is 14. The highest BCUT2D eigenvalue weighted by Crippen LogP contribution is 2.64. The fourth-order valence-electron chi connectivity index (χ4n) is 9.63. The standard InChI is InChI=1S/C53H33NO2/c1-2-14-34(15-3-1)36-17-12-18-37(32-36)54(46-24-13-27-49-51(46)42-21-7-10-25-47(42)55-49)38-29-30-41-40-20-6-8-22-43(40)53(45(41)33-38)44-23-9-11-26-48(44)56-50-31-28-35-16-4-5-19-39(35)52(50)53/h1-33H. The molecule has 0 fully saturated rings. The number of hydrogen-bond acceptors (Lipinski definition) is 3. The smallest absolute Gasteiger partial charge is 0.137 e. The molecule has 0 N–H and O–H groups in total. The molecule has 3 nitrogen and oxygen atoms in total. The molecule has 0 bridgehead atoms. The number of nitrogens with zero attached hydrogens (tertiary/aromatic N) is 1. The molecule has 262 valence electrons. The summed E-state index contributed by atoms with van der Waals surface area (Å²) >= 11 is 0. The second-order valence-corrected chi connectivity index (χ2v) is 14.8. The van der Waals surface area contributed by atoms with E-state index in [4.69, 9.17) is 9.15 Å². The molecule has 56 heavy (non-hydrogen) atoms. The fourth-order valence-corrected chi connectivity index (χ4v) is 9.63. The lowest BCUT2D eigenvalue weighted by molar-refractivity contribution is 0.438. The SMILES string of the molecule is c1ccc(-c2cccc(N(c3ccc4c(c3)C3(c5ccccc5Oc5ccc6ccccc6c53)c3ccccc3-4)c3cccc4oc5ccccc5c34)c2)cc1. The van der Waals surface area contributed by atoms with E-state index < -0.39 is 5.41 Å². The van der Waals surface area contributed by atoms with Gasteiger partial charge in [-0.3, -0.25) is 0 Å². The van der Waals surface area contributed by atoms with E-state index in [9.17, 15) is 0 Å². The van der Waals surface area contributed by atoms with Crippen molar-refractivity contribution in [3.05, 3.63) is 222 Å². The van der Waals surface area contributed by atoms with Gasteiger partial charge in [0.15, 0.2) is 0 Å². The number of rotatable bonds is 4. The summed E-state index contributed by atoms with van der Waals surface area (Å²) in [5, 5.41) is 4.55. The average Bonchev–Trinajstić information content (AvgIpc) is 3.78. The third kappa shape index (κ3) is 4.28. The number of hydrogen-bond donors (Lipinski definition) is 0. The van der Waals surface area contributed by atoms with Crippen LogP contribution in [0.1, 0.15) is 22.3 Å². The molecule has 2 aliphatic rings. The molecule has 1 spiro atoms. The van der Waals surface area contributed by atoms with Crippen LogP contribution in [0.4, 0.5) is 17.1 Å². The Kier molecular flexibility index (Phi) is 6.55. The zero-order chi connectivity index (χ0) is 36.8. The lowest BCUT2D eigenvalue weighted by Gasteiger charge is -2.40. The zero-order valence-electron chi connectivity index (χ0n) is 30.3. The van der Waals surface area contributed by atoms with Crippen LogP contribution < -0.4 is 9.64 Å². The Morgan fingerprint density at radius 1 is 0.411 bits per heavy atom. The third-order valence-corrected chi connectivity index (χ3v) is 11.9. The van der Waals surface area contributed by atoms with Crippen molar-refractivity contribution in [2.75, 3.05) is 4.90 Å². The first-order chi connectivity index (χ1) is 27.8. The molecule has 10 aromatic rings. The third-order valence-electron chi connectivity index (χ3n) is 11.9. The first-order valence-corrected chi connectivity index (χ1v) is 19.2. The molecule has 9 aromatic carbocycles. The summed E-state index contributed by atoms with van der Waals surface area (Å²) in [5.41, 5.74) is 13.9. The van der Waals surface area contributed by atoms with E-state index in [-0.39, 0.29) is 0 Å². The van der Waals surface area contributed by atoms with Gasteiger partial charge >= 0.3 is 0 Å². The van der Waals surface area contributed by atoms with Gasteiger partial charge in [-0.1, -0.05) is 146 Å². The van der Waals surface area contributed by atoms with Crippen LogP contribution >= 0.6 is 0 Å². The number of anilines is 3. The second-order valence-electron chi connectivity index (χ2n) is 14.8. The summed E-state index contributed by atoms with van der Waals surface area (Å²) in [5.74, 6) is 1.77. The van der Waals surface area contributed by atoms with E-state index in [1.807, 2.05) is 6.07 Å². The van der Waals surface area contributed by atoms with Gasteiger partial charge in [-0.05, 0) is 98.8 Å². The molecule has 1 unspecified atom stereocenters. The number of para-hydroxylation sites is 2. The molecule has 1 aromatic heterocycles. The summed E-state index contributed by atoms with van der Waals surface area (Å²) in [6.07, 6.45) is 0. The Balaban J connectivity index is 1.19. The van der Waals surface area contributed by atoms with Gasteiger partial charge in [0, 0.05) is 27.9 Å². The molecular formula is C53H33NO2. The van der Waals surface area contributed by atoms with Crippen molar-refractivity contribution in [2.24, 2.45) is 0 Å². The van der Waals surface area contributed by atoms with Gasteiger partial charge in [-0.25, -0.2) is 0 Å². The minimum absolute atomic E-state index is 0.640. The van der Waals surface area contributed by atoms with Crippen molar-refractivity contribution < 1.29 is 9.15 Å². The molecule has 0 amide bonds. The quantitative estimate of drug-likeness (QED) is 0.181. The molecule has 0 saturated carbocycles. The molecule has 1 aliphatic carbocycles. The molecule has 1 aliphatic heterocycles. The number of benzene rings is 9. The van der Waals surface area contributed by atoms with Crippen LogP contribution in [0.2, 0.25) is 0 Å². The Labute approximate surface area is 324 Å². The molecule has 2 heterocycles. The summed E-state index contributed by atoms with van der Waals surface area (Å²) in [6.45, 7) is 0. The van der Waals surface area contributed by atoms with E-state index in [0.717, 1.165) is 61.6 Å². The van der Waals surface area contributed by atoms with Crippen LogP contribution in [0.15, 0.2) is 205 Å². The van der Waals surface area contributed by atoms with Crippen LogP contribution in [-0.4, -0.2) is 0 Å². The predicted molar refractivity (Wildman–Crippen MR) is 229 cm³/mol. The Morgan fingerprint density at radius 2 is 1.11 bits per heavy atom. The van der Waals surface area contributed by atoms with Crippen molar-refractivity contribution in [1.29, 1.82) is 0 Å². The molecule has 3 heteroatoms. The van der Waals surface area contributed by atoms with Crippen LogP contribution in [0.5, 0.6) is 11.5 Å². The topological polar surface area (TPSA) is 25.6 Å². The fraction of sp³-hybridized carbons (Fsp3) is 0.0189. The van der Waals surface area contributed by atoms with E-state index in [2.05, 4.69) is 199 Å². The van der Waals surface area contributed by atoms with Crippen molar-refractivity contribution in [3.8, 4) is 33.8 Å². The van der Waals surface area contributed by atoms with Gasteiger partial charge < -0.3 is 14.1 Å². The first-order valence-electron chi connectivity index (χ1n) is 19.2. The summed E-state index contributed by atoms with van der Waals surface area (Å²) in [7, 11) is 0. The van der Waals surface area contributed by atoms with Crippen molar-refractivity contribution in [3.63, 3.8) is 0 Å². The minimum atomic E-state index is -0.640. The lowest BCUT2D eigenvalue weighted by atomic mass is 9.65. The molecular weight excluding hydrogens is 683 g/mol. The van der Waals surface area contributed by atoms with Crippen molar-refractivity contribution >= 4 is 49.8 Å². The summed E-state index contributed by atoms with van der Waals surface area (Å²) in [6, 6.07) is 72.0. The maximum atomic E-state index is 6.83. The van der Waals surface area contributed by atoms with Gasteiger partial charge in [0.1, 0.15) is 22.7 Å². The Hall–Kier alpha value is -7.36. The van der Waals surface area contributed by atoms with Crippen LogP contribution in [-0.2, 0) is 5.41 Å². The molecule has 1 atom stereocenters. The zero-order valence-corrected chi connectivity index (χ0v) is 30.3. The first kappa shape index (κ1) is 31.0. The highest BCUT2D eigenvalue weighted by Gasteiger charge is 2.52. The van der Waals surface area contributed by atoms with Crippen LogP contribution in [0, 0.1) is 0 Å². The van der Waals surface area contributed by atoms with Gasteiger partial charge in [0.25, 0.3) is 0 Å². The average molecular weight is 716 g/mol. The lowest BCUT2D eigenvalue weighted by Crippen LogP contribution is -2.32. The molecule has 0 saturated heterocycles. The van der Waals surface area contributed by atoms with Crippen LogP contribution in [0.3, 0.4) is 0 Å². The van der Waals surface area contributed by atoms with E-state index in [1.165, 1.54) is 44.2 Å². The highest BCUT2D eigenvalue weighted by atomic mass is 16.5. The van der Waals surface area contributed by atoms with Gasteiger partial charge in [-0.15, -0.1) is 0 Å². The van der Waals surface area contributed by atoms with Gasteiger partial charge in [0.2, 0.25) is 0 Å². The van der Waals surface area contributed by atoms with E-state index >= 15 is 0 Å². The van der Waals surface area contributed by atoms with Crippen molar-refractivity contribution in [2.45, 2.75) is 5.41 Å². The van der Waals surface area contributed by atoms with Gasteiger partial charge in [-0.2, -0.15) is 0 Å². The normalized spacial score (nSPS) is 15.0. The summed E-state index contributed by atoms with van der Waals surface area (Å²) < 4.78 is 13.3. The maximum Gasteiger partial charge on any atom is 0.137 e. The predicted octanol–water partition coefficient (Wildman–Crippen LogP) is 14.3. The van der Waals surface area contributed by atoms with E-state index in [1.54, 1.807) is 0 Å². The minimum Gasteiger partial charge on any atom is -0.457 e. The second kappa shape index (κ2) is 11.8. The van der Waals surface area contributed by atoms with Gasteiger partial charge in [0.05, 0.1) is 16.5 Å². The molecule has 12 rings (SSSR count). The van der Waals surface area contributed by atoms with Crippen LogP contribution in [0.25, 0.3) is 55.0 Å².